The molecule has 0 N–H and O–H groups in total. The fourth-order valence-corrected chi connectivity index (χ4v) is 3.02. The largest absolute Gasteiger partial charge is 0.673 e. The van der Waals surface area contributed by atoms with Gasteiger partial charge in [0.25, 0.3) is 0 Å². The van der Waals surface area contributed by atoms with Gasteiger partial charge in [0.15, 0.2) is 0 Å². The van der Waals surface area contributed by atoms with Gasteiger partial charge >= 0.3 is 18.8 Å². The van der Waals surface area contributed by atoms with E-state index in [2.05, 4.69) is 42.5 Å². The van der Waals surface area contributed by atoms with Crippen LogP contribution in [0.1, 0.15) is 0 Å². The molecule has 0 aliphatic rings. The number of halogens is 5. The minimum atomic E-state index is -6.00. The third-order valence-electron chi connectivity index (χ3n) is 4.07. The molecule has 0 atom stereocenters. The van der Waals surface area contributed by atoms with Crippen LogP contribution in [0.25, 0.3) is 33.8 Å². The van der Waals surface area contributed by atoms with Crippen LogP contribution >= 0.6 is 11.6 Å². The predicted molar refractivity (Wildman–Crippen MR) is 115 cm³/mol. The molecule has 152 valence electrons. The molecule has 4 rings (SSSR count). The van der Waals surface area contributed by atoms with E-state index in [4.69, 9.17) is 16.0 Å². The molecule has 0 bridgehead atoms. The zero-order valence-corrected chi connectivity index (χ0v) is 16.4. The molecule has 0 unspecified atom stereocenters. The Bertz CT molecular complexity index is 1040. The molecule has 0 saturated heterocycles. The summed E-state index contributed by atoms with van der Waals surface area (Å²) in [5.74, 6) is 1.66. The van der Waals surface area contributed by atoms with Crippen molar-refractivity contribution in [3.63, 3.8) is 0 Å². The molecule has 0 aliphatic carbocycles. The number of benzene rings is 3. The van der Waals surface area contributed by atoms with Crippen molar-refractivity contribution in [1.82, 2.24) is 0 Å². The van der Waals surface area contributed by atoms with Gasteiger partial charge < -0.3 is 17.3 Å². The van der Waals surface area contributed by atoms with Gasteiger partial charge in [0, 0.05) is 10.6 Å². The van der Waals surface area contributed by atoms with Gasteiger partial charge in [-0.05, 0) is 42.0 Å². The highest BCUT2D eigenvalue weighted by atomic mass is 35.5. The van der Waals surface area contributed by atoms with Crippen molar-refractivity contribution >= 4 is 18.9 Å². The monoisotopic (exact) mass is 430 g/mol. The van der Waals surface area contributed by atoms with Crippen molar-refractivity contribution in [3.05, 3.63) is 102 Å². The van der Waals surface area contributed by atoms with E-state index in [-0.39, 0.29) is 0 Å². The third kappa shape index (κ3) is 6.46. The lowest BCUT2D eigenvalue weighted by Gasteiger charge is -2.03. The minimum Gasteiger partial charge on any atom is -0.418 e. The highest BCUT2D eigenvalue weighted by Crippen LogP contribution is 2.33. The van der Waals surface area contributed by atoms with Crippen LogP contribution in [0.2, 0.25) is 5.02 Å². The van der Waals surface area contributed by atoms with Gasteiger partial charge in [-0.15, -0.1) is 0 Å². The zero-order chi connectivity index (χ0) is 21.6. The average Bonchev–Trinajstić information content (AvgIpc) is 2.73. The van der Waals surface area contributed by atoms with E-state index in [9.17, 15) is 17.3 Å². The molecule has 1 nitrogen and oxygen atoms in total. The van der Waals surface area contributed by atoms with Crippen LogP contribution < -0.4 is 0 Å². The lowest BCUT2D eigenvalue weighted by atomic mass is 10.0. The van der Waals surface area contributed by atoms with Gasteiger partial charge in [0.2, 0.25) is 0 Å². The first-order valence-electron chi connectivity index (χ1n) is 9.02. The second-order valence-electron chi connectivity index (χ2n) is 6.31. The first-order chi connectivity index (χ1) is 14.3. The Morgan fingerprint density at radius 1 is 0.533 bits per heavy atom. The summed E-state index contributed by atoms with van der Waals surface area (Å²) in [6.45, 7) is 0. The van der Waals surface area contributed by atoms with Crippen LogP contribution in [0.15, 0.2) is 101 Å². The highest BCUT2D eigenvalue weighted by Gasteiger charge is 2.21. The summed E-state index contributed by atoms with van der Waals surface area (Å²) in [5, 5.41) is 0.723. The van der Waals surface area contributed by atoms with Crippen molar-refractivity contribution in [2.24, 2.45) is 0 Å². The van der Waals surface area contributed by atoms with Crippen LogP contribution in [-0.2, 0) is 0 Å². The van der Waals surface area contributed by atoms with Crippen molar-refractivity contribution in [1.29, 1.82) is 0 Å². The van der Waals surface area contributed by atoms with Crippen molar-refractivity contribution in [2.75, 3.05) is 0 Å². The summed E-state index contributed by atoms with van der Waals surface area (Å²) in [5.41, 5.74) is 4.23. The quantitative estimate of drug-likeness (QED) is 0.180. The molecule has 1 aromatic heterocycles. The standard InChI is InChI=1S/C23H16ClO.BF4/c24-21-13-7-12-19(14-21)20-15-22(17-8-3-1-4-9-17)25-23(16-20)18-10-5-2-6-11-18;2-1(3,4)5/h1-16H;/q+1;-1. The smallest absolute Gasteiger partial charge is 0.418 e. The minimum absolute atomic E-state index is 0.723. The van der Waals surface area contributed by atoms with Crippen molar-refractivity contribution in [2.45, 2.75) is 0 Å². The van der Waals surface area contributed by atoms with Crippen LogP contribution in [0.3, 0.4) is 0 Å². The summed E-state index contributed by atoms with van der Waals surface area (Å²) in [6.07, 6.45) is 0. The molecule has 3 aromatic carbocycles. The van der Waals surface area contributed by atoms with E-state index in [0.29, 0.717) is 0 Å². The highest BCUT2D eigenvalue weighted by molar-refractivity contribution is 6.50. The maximum Gasteiger partial charge on any atom is 0.673 e. The summed E-state index contributed by atoms with van der Waals surface area (Å²) in [7, 11) is -6.00. The van der Waals surface area contributed by atoms with Gasteiger partial charge in [0.05, 0.1) is 23.3 Å². The topological polar surface area (TPSA) is 11.3 Å². The summed E-state index contributed by atoms with van der Waals surface area (Å²) in [4.78, 5) is 0. The van der Waals surface area contributed by atoms with E-state index in [0.717, 1.165) is 38.8 Å². The zero-order valence-electron chi connectivity index (χ0n) is 15.6. The molecule has 0 aliphatic heterocycles. The van der Waals surface area contributed by atoms with Crippen molar-refractivity contribution in [3.8, 4) is 33.8 Å². The van der Waals surface area contributed by atoms with Gasteiger partial charge in [-0.2, -0.15) is 0 Å². The van der Waals surface area contributed by atoms with E-state index in [1.54, 1.807) is 0 Å². The van der Waals surface area contributed by atoms with Crippen LogP contribution in [0.5, 0.6) is 0 Å². The summed E-state index contributed by atoms with van der Waals surface area (Å²) in [6, 6.07) is 32.3. The molecule has 0 fully saturated rings. The van der Waals surface area contributed by atoms with Gasteiger partial charge in [0.1, 0.15) is 0 Å². The number of hydrogen-bond acceptors (Lipinski definition) is 0. The Morgan fingerprint density at radius 2 is 0.967 bits per heavy atom. The molecular weight excluding hydrogens is 415 g/mol. The van der Waals surface area contributed by atoms with Gasteiger partial charge in [-0.3, -0.25) is 0 Å². The van der Waals surface area contributed by atoms with E-state index < -0.39 is 7.25 Å². The maximum absolute atomic E-state index is 9.75. The lowest BCUT2D eigenvalue weighted by molar-refractivity contribution is 0.368. The Balaban J connectivity index is 0.000000461. The molecule has 30 heavy (non-hydrogen) atoms. The Hall–Kier alpha value is -3.12. The summed E-state index contributed by atoms with van der Waals surface area (Å²) >= 11 is 6.18. The maximum atomic E-state index is 9.75. The molecule has 0 spiro atoms. The SMILES string of the molecule is Clc1cccc(-c2cc(-c3ccccc3)[o+]c(-c3ccccc3)c2)c1.F[B-](F)(F)F. The Kier molecular flexibility index (Phi) is 6.90. The van der Waals surface area contributed by atoms with E-state index in [1.165, 1.54) is 0 Å². The predicted octanol–water partition coefficient (Wildman–Crippen LogP) is 8.52. The summed E-state index contributed by atoms with van der Waals surface area (Å²) < 4.78 is 45.2. The second-order valence-corrected chi connectivity index (χ2v) is 6.75. The second kappa shape index (κ2) is 9.59. The van der Waals surface area contributed by atoms with Gasteiger partial charge in [-0.25, -0.2) is 4.42 Å². The molecule has 0 saturated carbocycles. The number of rotatable bonds is 3. The first-order valence-corrected chi connectivity index (χ1v) is 9.40. The molecule has 7 heteroatoms. The molecule has 1 heterocycles. The Morgan fingerprint density at radius 3 is 1.40 bits per heavy atom. The van der Waals surface area contributed by atoms with Crippen LogP contribution in [0.4, 0.5) is 17.3 Å². The third-order valence-corrected chi connectivity index (χ3v) is 4.30. The first kappa shape index (κ1) is 21.6. The van der Waals surface area contributed by atoms with Crippen LogP contribution in [-0.4, -0.2) is 7.25 Å². The van der Waals surface area contributed by atoms with E-state index >= 15 is 0 Å². The van der Waals surface area contributed by atoms with Gasteiger partial charge in [-0.1, -0.05) is 60.1 Å². The normalized spacial score (nSPS) is 10.8. The van der Waals surface area contributed by atoms with Crippen LogP contribution in [0, 0.1) is 0 Å². The lowest BCUT2D eigenvalue weighted by Crippen LogP contribution is -2.02. The average molecular weight is 431 g/mol. The molecular formula is C23H16BClF4O. The number of hydrogen-bond donors (Lipinski definition) is 0. The molecule has 0 radical (unpaired) electrons. The fraction of sp³-hybridized carbons (Fsp3) is 0. The molecule has 0 amide bonds. The fourth-order valence-electron chi connectivity index (χ4n) is 2.83. The molecule has 4 aromatic rings. The Labute approximate surface area is 176 Å². The van der Waals surface area contributed by atoms with E-state index in [1.807, 2.05) is 54.6 Å². The van der Waals surface area contributed by atoms with Crippen molar-refractivity contribution < 1.29 is 21.7 Å².